The number of morpholine rings is 1. The van der Waals surface area contributed by atoms with Crippen molar-refractivity contribution < 1.29 is 9.53 Å². The number of hydrogen-bond donors (Lipinski definition) is 0. The zero-order valence-electron chi connectivity index (χ0n) is 15.0. The molecule has 2 saturated heterocycles. The van der Waals surface area contributed by atoms with Crippen LogP contribution in [0.5, 0.6) is 0 Å². The first kappa shape index (κ1) is 17.0. The van der Waals surface area contributed by atoms with Crippen molar-refractivity contribution in [3.05, 3.63) is 30.6 Å². The van der Waals surface area contributed by atoms with Crippen molar-refractivity contribution in [1.29, 1.82) is 0 Å². The number of anilines is 1. The first-order valence-electron chi connectivity index (χ1n) is 9.03. The lowest BCUT2D eigenvalue weighted by Gasteiger charge is -2.34. The number of carbonyl (C=O) groups is 1. The largest absolute Gasteiger partial charge is 0.378 e. The highest BCUT2D eigenvalue weighted by atomic mass is 16.5. The first-order valence-corrected chi connectivity index (χ1v) is 9.03. The van der Waals surface area contributed by atoms with Crippen molar-refractivity contribution in [2.24, 2.45) is 0 Å². The van der Waals surface area contributed by atoms with Crippen molar-refractivity contribution in [3.8, 4) is 11.4 Å². The predicted octanol–water partition coefficient (Wildman–Crippen LogP) is 0.997. The molecule has 2 aliphatic heterocycles. The van der Waals surface area contributed by atoms with Gasteiger partial charge in [0.25, 0.3) is 0 Å². The third-order valence-corrected chi connectivity index (χ3v) is 4.96. The number of amides is 1. The van der Waals surface area contributed by atoms with Crippen molar-refractivity contribution in [3.63, 3.8) is 0 Å². The molecule has 0 aliphatic carbocycles. The normalized spacial score (nSPS) is 19.0. The molecule has 1 amide bonds. The maximum atomic E-state index is 12.5. The topological polar surface area (TPSA) is 66.7 Å². The van der Waals surface area contributed by atoms with Gasteiger partial charge in [-0.15, -0.1) is 5.10 Å². The predicted molar refractivity (Wildman–Crippen MR) is 98.4 cm³/mol. The van der Waals surface area contributed by atoms with E-state index in [-0.39, 0.29) is 6.03 Å². The van der Waals surface area contributed by atoms with Gasteiger partial charge in [0.15, 0.2) is 5.82 Å². The van der Waals surface area contributed by atoms with Crippen molar-refractivity contribution >= 4 is 11.7 Å². The minimum absolute atomic E-state index is 0.152. The van der Waals surface area contributed by atoms with Gasteiger partial charge in [-0.05, 0) is 31.3 Å². The standard InChI is InChI=1S/C18H24N6O2/c1-21-6-8-22(9-7-21)16-4-2-15(3-5-16)17-19-14-24(20-17)18(25)23-10-12-26-13-11-23/h2-5,14H,6-13H2,1H3. The monoisotopic (exact) mass is 356 g/mol. The van der Waals surface area contributed by atoms with Crippen molar-refractivity contribution in [1.82, 2.24) is 24.6 Å². The Balaban J connectivity index is 1.44. The van der Waals surface area contributed by atoms with Gasteiger partial charge >= 0.3 is 6.03 Å². The molecular formula is C18H24N6O2. The summed E-state index contributed by atoms with van der Waals surface area (Å²) in [5.74, 6) is 0.566. The first-order chi connectivity index (χ1) is 12.7. The third kappa shape index (κ3) is 3.56. The highest BCUT2D eigenvalue weighted by Crippen LogP contribution is 2.21. The smallest absolute Gasteiger partial charge is 0.346 e. The lowest BCUT2D eigenvalue weighted by Crippen LogP contribution is -2.44. The molecule has 0 spiro atoms. The van der Waals surface area contributed by atoms with Crippen LogP contribution < -0.4 is 4.90 Å². The molecular weight excluding hydrogens is 332 g/mol. The van der Waals surface area contributed by atoms with E-state index in [1.807, 2.05) is 12.1 Å². The minimum Gasteiger partial charge on any atom is -0.378 e. The quantitative estimate of drug-likeness (QED) is 0.800. The van der Waals surface area contributed by atoms with E-state index in [4.69, 9.17) is 4.74 Å². The fraction of sp³-hybridized carbons (Fsp3) is 0.500. The Morgan fingerprint density at radius 3 is 2.38 bits per heavy atom. The van der Waals surface area contributed by atoms with Crippen LogP contribution >= 0.6 is 0 Å². The average Bonchev–Trinajstić information content (AvgIpc) is 3.19. The zero-order valence-corrected chi connectivity index (χ0v) is 15.0. The second-order valence-electron chi connectivity index (χ2n) is 6.73. The summed E-state index contributed by atoms with van der Waals surface area (Å²) in [5.41, 5.74) is 2.13. The molecule has 2 aromatic rings. The summed E-state index contributed by atoms with van der Waals surface area (Å²) in [7, 11) is 2.15. The number of likely N-dealkylation sites (N-methyl/N-ethyl adjacent to an activating group) is 1. The van der Waals surface area contributed by atoms with E-state index in [9.17, 15) is 4.79 Å². The summed E-state index contributed by atoms with van der Waals surface area (Å²) in [5, 5.41) is 4.36. The Morgan fingerprint density at radius 2 is 1.69 bits per heavy atom. The van der Waals surface area contributed by atoms with E-state index in [1.54, 1.807) is 4.90 Å². The molecule has 0 saturated carbocycles. The Kier molecular flexibility index (Phi) is 4.85. The number of ether oxygens (including phenoxy) is 1. The molecule has 0 atom stereocenters. The number of nitrogens with zero attached hydrogens (tertiary/aromatic N) is 6. The van der Waals surface area contributed by atoms with E-state index in [0.29, 0.717) is 32.1 Å². The van der Waals surface area contributed by atoms with Gasteiger partial charge in [0.05, 0.1) is 13.2 Å². The molecule has 26 heavy (non-hydrogen) atoms. The van der Waals surface area contributed by atoms with Crippen LogP contribution in [0.15, 0.2) is 30.6 Å². The molecule has 8 nitrogen and oxygen atoms in total. The second kappa shape index (κ2) is 7.43. The number of aromatic nitrogens is 3. The fourth-order valence-corrected chi connectivity index (χ4v) is 3.27. The molecule has 8 heteroatoms. The summed E-state index contributed by atoms with van der Waals surface area (Å²) in [6, 6.07) is 8.09. The van der Waals surface area contributed by atoms with Gasteiger partial charge in [0.1, 0.15) is 6.33 Å². The van der Waals surface area contributed by atoms with Crippen LogP contribution in [0.3, 0.4) is 0 Å². The van der Waals surface area contributed by atoms with Crippen LogP contribution in [0.1, 0.15) is 0 Å². The SMILES string of the molecule is CN1CCN(c2ccc(-c3ncn(C(=O)N4CCOCC4)n3)cc2)CC1. The lowest BCUT2D eigenvalue weighted by molar-refractivity contribution is 0.0528. The number of carbonyl (C=O) groups excluding carboxylic acids is 1. The summed E-state index contributed by atoms with van der Waals surface area (Å²) in [6.45, 7) is 6.56. The van der Waals surface area contributed by atoms with E-state index in [2.05, 4.69) is 39.1 Å². The summed E-state index contributed by atoms with van der Waals surface area (Å²) in [4.78, 5) is 23.2. The van der Waals surface area contributed by atoms with Crippen molar-refractivity contribution in [2.45, 2.75) is 0 Å². The molecule has 1 aromatic carbocycles. The molecule has 0 radical (unpaired) electrons. The molecule has 0 unspecified atom stereocenters. The maximum absolute atomic E-state index is 12.5. The minimum atomic E-state index is -0.152. The maximum Gasteiger partial charge on any atom is 0.346 e. The van der Waals surface area contributed by atoms with Gasteiger partial charge in [-0.2, -0.15) is 4.68 Å². The second-order valence-corrected chi connectivity index (χ2v) is 6.73. The van der Waals surface area contributed by atoms with E-state index in [0.717, 1.165) is 31.7 Å². The van der Waals surface area contributed by atoms with E-state index in [1.165, 1.54) is 16.7 Å². The highest BCUT2D eigenvalue weighted by molar-refractivity contribution is 5.76. The van der Waals surface area contributed by atoms with E-state index < -0.39 is 0 Å². The Labute approximate surface area is 153 Å². The van der Waals surface area contributed by atoms with Crippen LogP contribution in [0, 0.1) is 0 Å². The summed E-state index contributed by atoms with van der Waals surface area (Å²) >= 11 is 0. The molecule has 1 aromatic heterocycles. The Hall–Kier alpha value is -2.45. The molecule has 4 rings (SSSR count). The number of benzene rings is 1. The molecule has 2 aliphatic rings. The highest BCUT2D eigenvalue weighted by Gasteiger charge is 2.20. The average molecular weight is 356 g/mol. The fourth-order valence-electron chi connectivity index (χ4n) is 3.27. The van der Waals surface area contributed by atoms with Gasteiger partial charge in [-0.1, -0.05) is 0 Å². The van der Waals surface area contributed by atoms with Crippen LogP contribution in [-0.2, 0) is 4.74 Å². The Morgan fingerprint density at radius 1 is 1.00 bits per heavy atom. The molecule has 0 N–H and O–H groups in total. The number of rotatable bonds is 2. The zero-order chi connectivity index (χ0) is 17.9. The van der Waals surface area contributed by atoms with Crippen molar-refractivity contribution in [2.75, 3.05) is 64.4 Å². The van der Waals surface area contributed by atoms with E-state index >= 15 is 0 Å². The number of hydrogen-bond acceptors (Lipinski definition) is 6. The van der Waals surface area contributed by atoms with Gasteiger partial charge in [0.2, 0.25) is 0 Å². The lowest BCUT2D eigenvalue weighted by atomic mass is 10.1. The van der Waals surface area contributed by atoms with Crippen LogP contribution in [-0.4, -0.2) is 90.1 Å². The Bertz CT molecular complexity index is 745. The summed E-state index contributed by atoms with van der Waals surface area (Å²) in [6.07, 6.45) is 1.49. The van der Waals surface area contributed by atoms with Gasteiger partial charge in [-0.25, -0.2) is 9.78 Å². The van der Waals surface area contributed by atoms with Crippen LogP contribution in [0.25, 0.3) is 11.4 Å². The molecule has 0 bridgehead atoms. The molecule has 3 heterocycles. The third-order valence-electron chi connectivity index (χ3n) is 4.96. The van der Waals surface area contributed by atoms with Crippen LogP contribution in [0.2, 0.25) is 0 Å². The molecule has 138 valence electrons. The van der Waals surface area contributed by atoms with Gasteiger partial charge in [0, 0.05) is 50.5 Å². The van der Waals surface area contributed by atoms with Gasteiger partial charge < -0.3 is 19.4 Å². The summed E-state index contributed by atoms with van der Waals surface area (Å²) < 4.78 is 6.60. The number of piperazine rings is 1. The van der Waals surface area contributed by atoms with Gasteiger partial charge in [-0.3, -0.25) is 0 Å². The van der Waals surface area contributed by atoms with Crippen LogP contribution in [0.4, 0.5) is 10.5 Å². The molecule has 2 fully saturated rings.